The molecule has 3 rings (SSSR count). The third kappa shape index (κ3) is 1.09. The number of nitriles is 1. The molecule has 0 fully saturated rings. The standard InChI is InChI=1S/C12H8N4/c1-7-11-9-3-2-8(5-13)4-10(9)16-12(11)15-6-14-7/h2-4,6H,1H3,(H,14,15,16). The highest BCUT2D eigenvalue weighted by atomic mass is 14.9. The fraction of sp³-hybridized carbons (Fsp3) is 0.0833. The molecule has 0 radical (unpaired) electrons. The maximum atomic E-state index is 8.83. The fourth-order valence-corrected chi connectivity index (χ4v) is 1.95. The van der Waals surface area contributed by atoms with Crippen molar-refractivity contribution in [1.82, 2.24) is 15.0 Å². The highest BCUT2D eigenvalue weighted by Crippen LogP contribution is 2.26. The molecule has 0 bridgehead atoms. The molecule has 0 atom stereocenters. The lowest BCUT2D eigenvalue weighted by Gasteiger charge is -1.94. The smallest absolute Gasteiger partial charge is 0.142 e. The Morgan fingerprint density at radius 3 is 3.00 bits per heavy atom. The lowest BCUT2D eigenvalue weighted by Crippen LogP contribution is -1.83. The summed E-state index contributed by atoms with van der Waals surface area (Å²) in [5.74, 6) is 0. The molecule has 0 unspecified atom stereocenters. The van der Waals surface area contributed by atoms with Gasteiger partial charge in [0.05, 0.1) is 17.3 Å². The van der Waals surface area contributed by atoms with Gasteiger partial charge in [-0.15, -0.1) is 0 Å². The number of nitrogens with one attached hydrogen (secondary N) is 1. The number of rotatable bonds is 0. The predicted molar refractivity (Wildman–Crippen MR) is 60.8 cm³/mol. The summed E-state index contributed by atoms with van der Waals surface area (Å²) in [7, 11) is 0. The first kappa shape index (κ1) is 8.86. The van der Waals surface area contributed by atoms with Crippen molar-refractivity contribution in [2.24, 2.45) is 0 Å². The van der Waals surface area contributed by atoms with Gasteiger partial charge < -0.3 is 4.98 Å². The quantitative estimate of drug-likeness (QED) is 0.616. The van der Waals surface area contributed by atoms with Gasteiger partial charge in [-0.05, 0) is 19.1 Å². The van der Waals surface area contributed by atoms with Crippen LogP contribution in [0.1, 0.15) is 11.3 Å². The SMILES string of the molecule is Cc1ncnc2[nH]c3cc(C#N)ccc3c12. The third-order valence-electron chi connectivity index (χ3n) is 2.71. The normalized spacial score (nSPS) is 10.8. The van der Waals surface area contributed by atoms with Crippen molar-refractivity contribution in [3.8, 4) is 6.07 Å². The Morgan fingerprint density at radius 1 is 1.31 bits per heavy atom. The summed E-state index contributed by atoms with van der Waals surface area (Å²) >= 11 is 0. The van der Waals surface area contributed by atoms with Crippen molar-refractivity contribution < 1.29 is 0 Å². The molecule has 4 nitrogen and oxygen atoms in total. The Balaban J connectivity index is 2.53. The van der Waals surface area contributed by atoms with Gasteiger partial charge in [-0.1, -0.05) is 6.07 Å². The summed E-state index contributed by atoms with van der Waals surface area (Å²) in [5.41, 5.74) is 3.33. The third-order valence-corrected chi connectivity index (χ3v) is 2.71. The summed E-state index contributed by atoms with van der Waals surface area (Å²) in [6, 6.07) is 7.69. The minimum Gasteiger partial charge on any atom is -0.339 e. The average Bonchev–Trinajstić information content (AvgIpc) is 2.67. The van der Waals surface area contributed by atoms with Gasteiger partial charge in [0, 0.05) is 16.3 Å². The van der Waals surface area contributed by atoms with Crippen molar-refractivity contribution >= 4 is 21.9 Å². The van der Waals surface area contributed by atoms with Crippen LogP contribution in [0.3, 0.4) is 0 Å². The summed E-state index contributed by atoms with van der Waals surface area (Å²) < 4.78 is 0. The van der Waals surface area contributed by atoms with Crippen LogP contribution in [0.15, 0.2) is 24.5 Å². The first-order valence-electron chi connectivity index (χ1n) is 4.93. The molecule has 1 aromatic carbocycles. The van der Waals surface area contributed by atoms with Gasteiger partial charge in [-0.3, -0.25) is 0 Å². The molecular weight excluding hydrogens is 200 g/mol. The number of fused-ring (bicyclic) bond motifs is 3. The highest BCUT2D eigenvalue weighted by molar-refractivity contribution is 6.07. The molecule has 3 aromatic rings. The number of benzene rings is 1. The van der Waals surface area contributed by atoms with E-state index in [1.54, 1.807) is 0 Å². The molecule has 0 saturated carbocycles. The van der Waals surface area contributed by atoms with E-state index >= 15 is 0 Å². The minimum absolute atomic E-state index is 0.643. The van der Waals surface area contributed by atoms with Gasteiger partial charge in [-0.2, -0.15) is 5.26 Å². The fourth-order valence-electron chi connectivity index (χ4n) is 1.95. The number of aromatic nitrogens is 3. The summed E-state index contributed by atoms with van der Waals surface area (Å²) in [4.78, 5) is 11.6. The molecule has 0 aliphatic rings. The van der Waals surface area contributed by atoms with E-state index < -0.39 is 0 Å². The summed E-state index contributed by atoms with van der Waals surface area (Å²) in [6.07, 6.45) is 1.54. The monoisotopic (exact) mass is 208 g/mol. The number of hydrogen-bond donors (Lipinski definition) is 1. The maximum Gasteiger partial charge on any atom is 0.142 e. The average molecular weight is 208 g/mol. The number of aryl methyl sites for hydroxylation is 1. The minimum atomic E-state index is 0.643. The van der Waals surface area contributed by atoms with Crippen LogP contribution in [-0.2, 0) is 0 Å². The van der Waals surface area contributed by atoms with E-state index in [-0.39, 0.29) is 0 Å². The van der Waals surface area contributed by atoms with Crippen molar-refractivity contribution in [2.45, 2.75) is 6.92 Å². The first-order chi connectivity index (χ1) is 7.79. The topological polar surface area (TPSA) is 65.4 Å². The van der Waals surface area contributed by atoms with Crippen LogP contribution in [0.25, 0.3) is 21.9 Å². The van der Waals surface area contributed by atoms with Crippen molar-refractivity contribution in [3.05, 3.63) is 35.8 Å². The Morgan fingerprint density at radius 2 is 2.19 bits per heavy atom. The molecule has 1 N–H and O–H groups in total. The Labute approximate surface area is 91.6 Å². The molecule has 0 aliphatic heterocycles. The molecule has 0 aliphatic carbocycles. The second kappa shape index (κ2) is 3.04. The van der Waals surface area contributed by atoms with Crippen LogP contribution in [0.5, 0.6) is 0 Å². The molecule has 2 heterocycles. The number of aromatic amines is 1. The van der Waals surface area contributed by atoms with E-state index in [1.165, 1.54) is 6.33 Å². The summed E-state index contributed by atoms with van der Waals surface area (Å²) in [6.45, 7) is 1.95. The second-order valence-electron chi connectivity index (χ2n) is 3.68. The van der Waals surface area contributed by atoms with Crippen molar-refractivity contribution in [1.29, 1.82) is 5.26 Å². The van der Waals surface area contributed by atoms with Crippen molar-refractivity contribution in [3.63, 3.8) is 0 Å². The van der Waals surface area contributed by atoms with Gasteiger partial charge in [0.25, 0.3) is 0 Å². The lowest BCUT2D eigenvalue weighted by atomic mass is 10.1. The van der Waals surface area contributed by atoms with E-state index in [0.29, 0.717) is 5.56 Å². The molecule has 16 heavy (non-hydrogen) atoms. The van der Waals surface area contributed by atoms with E-state index in [1.807, 2.05) is 25.1 Å². The van der Waals surface area contributed by atoms with E-state index in [0.717, 1.165) is 27.6 Å². The largest absolute Gasteiger partial charge is 0.339 e. The van der Waals surface area contributed by atoms with Crippen LogP contribution in [-0.4, -0.2) is 15.0 Å². The number of hydrogen-bond acceptors (Lipinski definition) is 3. The van der Waals surface area contributed by atoms with Gasteiger partial charge in [0.15, 0.2) is 0 Å². The molecule has 76 valence electrons. The van der Waals surface area contributed by atoms with Crippen LogP contribution < -0.4 is 0 Å². The van der Waals surface area contributed by atoms with Crippen molar-refractivity contribution in [2.75, 3.05) is 0 Å². The van der Waals surface area contributed by atoms with Gasteiger partial charge in [0.2, 0.25) is 0 Å². The van der Waals surface area contributed by atoms with Crippen LogP contribution in [0, 0.1) is 18.3 Å². The summed E-state index contributed by atoms with van der Waals surface area (Å²) in [5, 5.41) is 10.9. The van der Waals surface area contributed by atoms with Crippen LogP contribution >= 0.6 is 0 Å². The maximum absolute atomic E-state index is 8.83. The van der Waals surface area contributed by atoms with Crippen LogP contribution in [0.4, 0.5) is 0 Å². The van der Waals surface area contributed by atoms with E-state index in [2.05, 4.69) is 21.0 Å². The molecular formula is C12H8N4. The van der Waals surface area contributed by atoms with E-state index in [4.69, 9.17) is 5.26 Å². The Bertz CT molecular complexity index is 734. The number of H-pyrrole nitrogens is 1. The zero-order valence-corrected chi connectivity index (χ0v) is 8.65. The first-order valence-corrected chi connectivity index (χ1v) is 4.93. The molecule has 0 spiro atoms. The van der Waals surface area contributed by atoms with Gasteiger partial charge >= 0.3 is 0 Å². The predicted octanol–water partition coefficient (Wildman–Crippen LogP) is 2.29. The lowest BCUT2D eigenvalue weighted by molar-refractivity contribution is 1.14. The molecule has 0 saturated heterocycles. The zero-order chi connectivity index (χ0) is 11.1. The Kier molecular flexibility index (Phi) is 1.68. The zero-order valence-electron chi connectivity index (χ0n) is 8.65. The second-order valence-corrected chi connectivity index (χ2v) is 3.68. The number of nitrogens with zero attached hydrogens (tertiary/aromatic N) is 3. The molecule has 0 amide bonds. The highest BCUT2D eigenvalue weighted by Gasteiger charge is 2.08. The molecule has 4 heteroatoms. The van der Waals surface area contributed by atoms with Crippen LogP contribution in [0.2, 0.25) is 0 Å². The van der Waals surface area contributed by atoms with Gasteiger partial charge in [-0.25, -0.2) is 9.97 Å². The molecule has 2 aromatic heterocycles. The van der Waals surface area contributed by atoms with Gasteiger partial charge in [0.1, 0.15) is 12.0 Å². The Hall–Kier alpha value is -2.41. The van der Waals surface area contributed by atoms with E-state index in [9.17, 15) is 0 Å².